The van der Waals surface area contributed by atoms with Gasteiger partial charge in [-0.3, -0.25) is 4.79 Å². The standard InChI is InChI=1S/C14H17F2NO2/c15-12-4-11(5-13(16)6-12)14(19)17-7-9-2-1-3-10(9)8-18/h4-6,9-10,18H,1-3,7-8H2,(H,17,19). The Kier molecular flexibility index (Phi) is 4.47. The van der Waals surface area contributed by atoms with Crippen LogP contribution in [0.5, 0.6) is 0 Å². The molecule has 5 heteroatoms. The second kappa shape index (κ2) is 6.10. The van der Waals surface area contributed by atoms with E-state index in [9.17, 15) is 18.7 Å². The number of halogens is 2. The van der Waals surface area contributed by atoms with Crippen molar-refractivity contribution in [2.24, 2.45) is 11.8 Å². The molecule has 3 nitrogen and oxygen atoms in total. The van der Waals surface area contributed by atoms with Crippen molar-refractivity contribution in [1.29, 1.82) is 0 Å². The van der Waals surface area contributed by atoms with Gasteiger partial charge < -0.3 is 10.4 Å². The third-order valence-electron chi connectivity index (χ3n) is 3.70. The highest BCUT2D eigenvalue weighted by Gasteiger charge is 2.26. The number of nitrogens with one attached hydrogen (secondary N) is 1. The topological polar surface area (TPSA) is 49.3 Å². The Balaban J connectivity index is 1.94. The molecule has 1 amide bonds. The van der Waals surface area contributed by atoms with E-state index in [2.05, 4.69) is 5.32 Å². The van der Waals surface area contributed by atoms with Crippen molar-refractivity contribution in [2.75, 3.05) is 13.2 Å². The van der Waals surface area contributed by atoms with Gasteiger partial charge in [-0.15, -0.1) is 0 Å². The molecule has 1 aliphatic carbocycles. The summed E-state index contributed by atoms with van der Waals surface area (Å²) in [5.41, 5.74) is -0.0176. The summed E-state index contributed by atoms with van der Waals surface area (Å²) in [7, 11) is 0. The maximum absolute atomic E-state index is 13.0. The lowest BCUT2D eigenvalue weighted by Crippen LogP contribution is -2.31. The van der Waals surface area contributed by atoms with Crippen LogP contribution in [0.4, 0.5) is 8.78 Å². The predicted molar refractivity (Wildman–Crippen MR) is 66.6 cm³/mol. The number of hydrogen-bond acceptors (Lipinski definition) is 2. The fraction of sp³-hybridized carbons (Fsp3) is 0.500. The van der Waals surface area contributed by atoms with Gasteiger partial charge in [0.15, 0.2) is 0 Å². The largest absolute Gasteiger partial charge is 0.396 e. The summed E-state index contributed by atoms with van der Waals surface area (Å²) < 4.78 is 26.0. The molecular weight excluding hydrogens is 252 g/mol. The molecule has 0 spiro atoms. The highest BCUT2D eigenvalue weighted by molar-refractivity contribution is 5.94. The van der Waals surface area contributed by atoms with E-state index >= 15 is 0 Å². The first kappa shape index (κ1) is 13.9. The average Bonchev–Trinajstić information content (AvgIpc) is 2.82. The van der Waals surface area contributed by atoms with Gasteiger partial charge in [-0.1, -0.05) is 6.42 Å². The summed E-state index contributed by atoms with van der Waals surface area (Å²) in [5.74, 6) is -1.56. The van der Waals surface area contributed by atoms with Crippen LogP contribution in [0.1, 0.15) is 29.6 Å². The smallest absolute Gasteiger partial charge is 0.251 e. The number of carbonyl (C=O) groups is 1. The number of benzene rings is 1. The van der Waals surface area contributed by atoms with E-state index < -0.39 is 17.5 Å². The fourth-order valence-corrected chi connectivity index (χ4v) is 2.63. The van der Waals surface area contributed by atoms with Crippen LogP contribution in [0.25, 0.3) is 0 Å². The molecule has 1 fully saturated rings. The maximum atomic E-state index is 13.0. The van der Waals surface area contributed by atoms with Gasteiger partial charge in [-0.05, 0) is 36.8 Å². The minimum Gasteiger partial charge on any atom is -0.396 e. The van der Waals surface area contributed by atoms with Crippen LogP contribution in [0.15, 0.2) is 18.2 Å². The normalized spacial score (nSPS) is 22.5. The zero-order valence-electron chi connectivity index (χ0n) is 10.5. The number of carbonyl (C=O) groups excluding carboxylic acids is 1. The van der Waals surface area contributed by atoms with Crippen LogP contribution in [-0.4, -0.2) is 24.2 Å². The summed E-state index contributed by atoms with van der Waals surface area (Å²) in [4.78, 5) is 11.8. The minimum atomic E-state index is -0.765. The van der Waals surface area contributed by atoms with E-state index in [0.29, 0.717) is 6.54 Å². The van der Waals surface area contributed by atoms with Crippen molar-refractivity contribution in [3.8, 4) is 0 Å². The second-order valence-corrected chi connectivity index (χ2v) is 5.00. The van der Waals surface area contributed by atoms with Gasteiger partial charge in [0.1, 0.15) is 11.6 Å². The number of hydrogen-bond donors (Lipinski definition) is 2. The maximum Gasteiger partial charge on any atom is 0.251 e. The Morgan fingerprint density at radius 2 is 1.84 bits per heavy atom. The molecule has 2 rings (SSSR count). The lowest BCUT2D eigenvalue weighted by atomic mass is 9.97. The predicted octanol–water partition coefficient (Wildman–Crippen LogP) is 2.10. The van der Waals surface area contributed by atoms with E-state index in [0.717, 1.165) is 37.5 Å². The number of rotatable bonds is 4. The average molecular weight is 269 g/mol. The highest BCUT2D eigenvalue weighted by atomic mass is 19.1. The molecule has 1 saturated carbocycles. The quantitative estimate of drug-likeness (QED) is 0.879. The molecule has 0 heterocycles. The Morgan fingerprint density at radius 1 is 1.21 bits per heavy atom. The number of aliphatic hydroxyl groups excluding tert-OH is 1. The van der Waals surface area contributed by atoms with Crippen molar-refractivity contribution in [3.63, 3.8) is 0 Å². The Labute approximate surface area is 110 Å². The van der Waals surface area contributed by atoms with Gasteiger partial charge in [0, 0.05) is 24.8 Å². The van der Waals surface area contributed by atoms with Crippen molar-refractivity contribution in [3.05, 3.63) is 35.4 Å². The zero-order chi connectivity index (χ0) is 13.8. The molecule has 1 aromatic carbocycles. The molecule has 2 N–H and O–H groups in total. The van der Waals surface area contributed by atoms with Crippen LogP contribution >= 0.6 is 0 Å². The third kappa shape index (κ3) is 3.50. The van der Waals surface area contributed by atoms with Crippen LogP contribution in [0.2, 0.25) is 0 Å². The van der Waals surface area contributed by atoms with Gasteiger partial charge in [0.25, 0.3) is 5.91 Å². The molecule has 0 radical (unpaired) electrons. The van der Waals surface area contributed by atoms with Gasteiger partial charge in [-0.25, -0.2) is 8.78 Å². The lowest BCUT2D eigenvalue weighted by molar-refractivity contribution is 0.0937. The van der Waals surface area contributed by atoms with E-state index in [1.165, 1.54) is 0 Å². The Hall–Kier alpha value is -1.49. The van der Waals surface area contributed by atoms with Gasteiger partial charge in [-0.2, -0.15) is 0 Å². The van der Waals surface area contributed by atoms with Crippen molar-refractivity contribution in [1.82, 2.24) is 5.32 Å². The SMILES string of the molecule is O=C(NCC1CCCC1CO)c1cc(F)cc(F)c1. The first-order valence-corrected chi connectivity index (χ1v) is 6.45. The first-order valence-electron chi connectivity index (χ1n) is 6.45. The zero-order valence-corrected chi connectivity index (χ0v) is 10.5. The summed E-state index contributed by atoms with van der Waals surface area (Å²) >= 11 is 0. The molecular formula is C14H17F2NO2. The van der Waals surface area contributed by atoms with Crippen molar-refractivity contribution in [2.45, 2.75) is 19.3 Å². The van der Waals surface area contributed by atoms with E-state index in [4.69, 9.17) is 0 Å². The van der Waals surface area contributed by atoms with Gasteiger partial charge in [0.05, 0.1) is 0 Å². The molecule has 0 saturated heterocycles. The minimum absolute atomic E-state index is 0.0176. The van der Waals surface area contributed by atoms with E-state index in [1.54, 1.807) is 0 Å². The molecule has 104 valence electrons. The van der Waals surface area contributed by atoms with Gasteiger partial charge >= 0.3 is 0 Å². The monoisotopic (exact) mass is 269 g/mol. The van der Waals surface area contributed by atoms with Gasteiger partial charge in [0.2, 0.25) is 0 Å². The molecule has 2 atom stereocenters. The van der Waals surface area contributed by atoms with Crippen LogP contribution in [-0.2, 0) is 0 Å². The van der Waals surface area contributed by atoms with Crippen LogP contribution < -0.4 is 5.32 Å². The van der Waals surface area contributed by atoms with Crippen molar-refractivity contribution < 1.29 is 18.7 Å². The fourth-order valence-electron chi connectivity index (χ4n) is 2.63. The molecule has 19 heavy (non-hydrogen) atoms. The summed E-state index contributed by atoms with van der Waals surface area (Å²) in [6, 6.07) is 2.75. The summed E-state index contributed by atoms with van der Waals surface area (Å²) in [6.07, 6.45) is 2.97. The van der Waals surface area contributed by atoms with Crippen LogP contribution in [0.3, 0.4) is 0 Å². The van der Waals surface area contributed by atoms with E-state index in [-0.39, 0.29) is 24.0 Å². The third-order valence-corrected chi connectivity index (χ3v) is 3.70. The van der Waals surface area contributed by atoms with E-state index in [1.807, 2.05) is 0 Å². The molecule has 1 aliphatic rings. The lowest BCUT2D eigenvalue weighted by Gasteiger charge is -2.17. The molecule has 0 aromatic heterocycles. The Morgan fingerprint density at radius 3 is 2.47 bits per heavy atom. The highest BCUT2D eigenvalue weighted by Crippen LogP contribution is 2.30. The molecule has 2 unspecified atom stereocenters. The van der Waals surface area contributed by atoms with Crippen LogP contribution in [0, 0.1) is 23.5 Å². The molecule has 0 bridgehead atoms. The van der Waals surface area contributed by atoms with Crippen molar-refractivity contribution >= 4 is 5.91 Å². The molecule has 1 aromatic rings. The summed E-state index contributed by atoms with van der Waals surface area (Å²) in [6.45, 7) is 0.553. The number of aliphatic hydroxyl groups is 1. The summed E-state index contributed by atoms with van der Waals surface area (Å²) in [5, 5.41) is 11.9. The molecule has 0 aliphatic heterocycles. The number of amides is 1. The first-order chi connectivity index (χ1) is 9.10. The Bertz CT molecular complexity index is 445. The second-order valence-electron chi connectivity index (χ2n) is 5.00.